The van der Waals surface area contributed by atoms with Crippen LogP contribution in [0, 0.1) is 0 Å². The molecule has 5 heteroatoms. The number of hydrogen-bond acceptors (Lipinski definition) is 4. The Labute approximate surface area is 88.9 Å². The largest absolute Gasteiger partial charge is 0.367 e. The molecule has 0 fully saturated rings. The van der Waals surface area contributed by atoms with E-state index in [2.05, 4.69) is 10.8 Å². The van der Waals surface area contributed by atoms with Crippen molar-refractivity contribution in [2.45, 2.75) is 18.1 Å². The molecule has 1 atom stereocenters. The van der Waals surface area contributed by atoms with Crippen molar-refractivity contribution in [3.63, 3.8) is 0 Å². The molecule has 1 aromatic rings. The molecule has 0 spiro atoms. The summed E-state index contributed by atoms with van der Waals surface area (Å²) in [6.07, 6.45) is 0.0473. The molecule has 0 aliphatic heterocycles. The van der Waals surface area contributed by atoms with E-state index < -0.39 is 16.4 Å². The second-order valence-electron chi connectivity index (χ2n) is 2.89. The minimum absolute atomic E-state index is 0.000833. The lowest BCUT2D eigenvalue weighted by Crippen LogP contribution is -2.15. The quantitative estimate of drug-likeness (QED) is 0.624. The number of aliphatic hydroxyl groups excluding tert-OH is 1. The molecule has 1 N–H and O–H groups in total. The van der Waals surface area contributed by atoms with E-state index in [1.807, 2.05) is 0 Å². The van der Waals surface area contributed by atoms with Gasteiger partial charge in [-0.3, -0.25) is 0 Å². The van der Waals surface area contributed by atoms with E-state index in [9.17, 15) is 8.42 Å². The molecule has 0 aliphatic carbocycles. The van der Waals surface area contributed by atoms with Crippen LogP contribution in [-0.4, -0.2) is 19.8 Å². The van der Waals surface area contributed by atoms with Gasteiger partial charge in [0.1, 0.15) is 4.90 Å². The van der Waals surface area contributed by atoms with Gasteiger partial charge in [-0.05, 0) is 18.6 Å². The lowest BCUT2D eigenvalue weighted by molar-refractivity contribution is 0.00540. The standard InChI is InChI=1S/C10H12O4S/c1-3-9-6-4-5-7-10(9)15(12,13)14-8(2)11/h3-8,11H,1H2,2H3. The Morgan fingerprint density at radius 2 is 2.07 bits per heavy atom. The van der Waals surface area contributed by atoms with Crippen LogP contribution in [0.25, 0.3) is 6.08 Å². The first kappa shape index (κ1) is 11.9. The van der Waals surface area contributed by atoms with Gasteiger partial charge in [0.15, 0.2) is 6.29 Å². The molecule has 0 bridgehead atoms. The average Bonchev–Trinajstić information content (AvgIpc) is 2.16. The fourth-order valence-corrected chi connectivity index (χ4v) is 2.27. The predicted molar refractivity (Wildman–Crippen MR) is 56.5 cm³/mol. The average molecular weight is 228 g/mol. The molecule has 0 radical (unpaired) electrons. The lowest BCUT2D eigenvalue weighted by atomic mass is 10.2. The van der Waals surface area contributed by atoms with Crippen molar-refractivity contribution in [1.29, 1.82) is 0 Å². The normalized spacial score (nSPS) is 13.5. The van der Waals surface area contributed by atoms with Gasteiger partial charge >= 0.3 is 0 Å². The summed E-state index contributed by atoms with van der Waals surface area (Å²) in [7, 11) is -3.92. The SMILES string of the molecule is C=Cc1ccccc1S(=O)(=O)OC(C)O. The number of rotatable bonds is 4. The molecule has 0 saturated heterocycles. The van der Waals surface area contributed by atoms with Crippen molar-refractivity contribution in [2.75, 3.05) is 0 Å². The number of aliphatic hydroxyl groups is 1. The molecule has 1 rings (SSSR count). The summed E-state index contributed by atoms with van der Waals surface area (Å²) in [6.45, 7) is 4.73. The summed E-state index contributed by atoms with van der Waals surface area (Å²) >= 11 is 0. The fraction of sp³-hybridized carbons (Fsp3) is 0.200. The van der Waals surface area contributed by atoms with Crippen LogP contribution < -0.4 is 0 Å². The van der Waals surface area contributed by atoms with Crippen LogP contribution in [0.3, 0.4) is 0 Å². The third kappa shape index (κ3) is 2.89. The van der Waals surface area contributed by atoms with Gasteiger partial charge in [0.05, 0.1) is 0 Å². The smallest absolute Gasteiger partial charge is 0.300 e. The molecule has 15 heavy (non-hydrogen) atoms. The zero-order chi connectivity index (χ0) is 11.5. The first-order chi connectivity index (χ1) is 6.97. The molecule has 0 aromatic heterocycles. The first-order valence-corrected chi connectivity index (χ1v) is 5.71. The van der Waals surface area contributed by atoms with Crippen LogP contribution in [0.2, 0.25) is 0 Å². The number of hydrogen-bond donors (Lipinski definition) is 1. The van der Waals surface area contributed by atoms with E-state index in [-0.39, 0.29) is 4.90 Å². The van der Waals surface area contributed by atoms with Crippen LogP contribution in [0.1, 0.15) is 12.5 Å². The van der Waals surface area contributed by atoms with Crippen molar-refractivity contribution in [1.82, 2.24) is 0 Å². The lowest BCUT2D eigenvalue weighted by Gasteiger charge is -2.09. The summed E-state index contributed by atoms with van der Waals surface area (Å²) in [5.41, 5.74) is 0.443. The van der Waals surface area contributed by atoms with Gasteiger partial charge in [0.2, 0.25) is 0 Å². The van der Waals surface area contributed by atoms with Gasteiger partial charge in [-0.15, -0.1) is 0 Å². The molecule has 1 aromatic carbocycles. The van der Waals surface area contributed by atoms with E-state index in [0.717, 1.165) is 0 Å². The molecule has 0 heterocycles. The van der Waals surface area contributed by atoms with E-state index >= 15 is 0 Å². The molecular weight excluding hydrogens is 216 g/mol. The third-order valence-corrected chi connectivity index (χ3v) is 3.12. The van der Waals surface area contributed by atoms with Crippen molar-refractivity contribution < 1.29 is 17.7 Å². The molecule has 1 unspecified atom stereocenters. The third-order valence-electron chi connectivity index (χ3n) is 1.67. The van der Waals surface area contributed by atoms with Crippen molar-refractivity contribution in [3.8, 4) is 0 Å². The highest BCUT2D eigenvalue weighted by atomic mass is 32.2. The Morgan fingerprint density at radius 3 is 2.60 bits per heavy atom. The first-order valence-electron chi connectivity index (χ1n) is 4.30. The summed E-state index contributed by atoms with van der Waals surface area (Å²) in [5.74, 6) is 0. The van der Waals surface area contributed by atoms with Gasteiger partial charge in [-0.25, -0.2) is 4.18 Å². The zero-order valence-electron chi connectivity index (χ0n) is 8.25. The summed E-state index contributed by atoms with van der Waals surface area (Å²) in [6, 6.07) is 6.27. The summed E-state index contributed by atoms with van der Waals surface area (Å²) in [4.78, 5) is 0.000833. The van der Waals surface area contributed by atoms with E-state index in [1.165, 1.54) is 19.1 Å². The highest BCUT2D eigenvalue weighted by Gasteiger charge is 2.19. The van der Waals surface area contributed by atoms with Crippen molar-refractivity contribution in [3.05, 3.63) is 36.4 Å². The highest BCUT2D eigenvalue weighted by Crippen LogP contribution is 2.19. The number of benzene rings is 1. The summed E-state index contributed by atoms with van der Waals surface area (Å²) in [5, 5.41) is 8.89. The Balaban J connectivity index is 3.21. The Kier molecular flexibility index (Phi) is 3.62. The molecular formula is C10H12O4S. The van der Waals surface area contributed by atoms with Crippen LogP contribution in [0.4, 0.5) is 0 Å². The molecule has 4 nitrogen and oxygen atoms in total. The molecule has 0 aliphatic rings. The topological polar surface area (TPSA) is 63.6 Å². The maximum absolute atomic E-state index is 11.6. The van der Waals surface area contributed by atoms with E-state index in [4.69, 9.17) is 5.11 Å². The van der Waals surface area contributed by atoms with E-state index in [1.54, 1.807) is 18.2 Å². The minimum atomic E-state index is -3.92. The summed E-state index contributed by atoms with van der Waals surface area (Å²) < 4.78 is 27.6. The molecule has 0 amide bonds. The fourth-order valence-electron chi connectivity index (χ4n) is 1.11. The van der Waals surface area contributed by atoms with Gasteiger partial charge in [0, 0.05) is 0 Å². The van der Waals surface area contributed by atoms with Gasteiger partial charge in [0.25, 0.3) is 10.1 Å². The Morgan fingerprint density at radius 1 is 1.47 bits per heavy atom. The van der Waals surface area contributed by atoms with Gasteiger partial charge in [-0.2, -0.15) is 8.42 Å². The van der Waals surface area contributed by atoms with E-state index in [0.29, 0.717) is 5.56 Å². The van der Waals surface area contributed by atoms with Gasteiger partial charge < -0.3 is 5.11 Å². The zero-order valence-corrected chi connectivity index (χ0v) is 9.07. The minimum Gasteiger partial charge on any atom is -0.367 e. The van der Waals surface area contributed by atoms with Crippen LogP contribution in [-0.2, 0) is 14.3 Å². The maximum Gasteiger partial charge on any atom is 0.300 e. The highest BCUT2D eigenvalue weighted by molar-refractivity contribution is 7.86. The maximum atomic E-state index is 11.6. The second-order valence-corrected chi connectivity index (χ2v) is 4.43. The molecule has 82 valence electrons. The van der Waals surface area contributed by atoms with Gasteiger partial charge in [-0.1, -0.05) is 30.9 Å². The molecule has 0 saturated carbocycles. The second kappa shape index (κ2) is 4.57. The Bertz CT molecular complexity index is 448. The predicted octanol–water partition coefficient (Wildman–Crippen LogP) is 1.37. The van der Waals surface area contributed by atoms with Crippen LogP contribution in [0.5, 0.6) is 0 Å². The Hall–Kier alpha value is -1.17. The van der Waals surface area contributed by atoms with Crippen molar-refractivity contribution in [2.24, 2.45) is 0 Å². The van der Waals surface area contributed by atoms with Crippen LogP contribution in [0.15, 0.2) is 35.7 Å². The monoisotopic (exact) mass is 228 g/mol. The van der Waals surface area contributed by atoms with Crippen LogP contribution >= 0.6 is 0 Å². The van der Waals surface area contributed by atoms with Crippen molar-refractivity contribution >= 4 is 16.2 Å².